The SMILES string of the molecule is CN(C)CCCc1ccc(-c2ccc(CCCN3CCOCC3)cc2)nc1. The van der Waals surface area contributed by atoms with Crippen molar-refractivity contribution in [1.29, 1.82) is 0 Å². The zero-order chi connectivity index (χ0) is 18.9. The smallest absolute Gasteiger partial charge is 0.0702 e. The lowest BCUT2D eigenvalue weighted by atomic mass is 10.0. The van der Waals surface area contributed by atoms with Crippen LogP contribution in [0, 0.1) is 0 Å². The Morgan fingerprint density at radius 2 is 1.63 bits per heavy atom. The summed E-state index contributed by atoms with van der Waals surface area (Å²) >= 11 is 0. The van der Waals surface area contributed by atoms with Crippen molar-refractivity contribution < 1.29 is 4.74 Å². The van der Waals surface area contributed by atoms with Crippen LogP contribution in [0.1, 0.15) is 24.0 Å². The zero-order valence-corrected chi connectivity index (χ0v) is 16.9. The van der Waals surface area contributed by atoms with E-state index in [0.717, 1.165) is 51.4 Å². The van der Waals surface area contributed by atoms with E-state index in [1.54, 1.807) is 0 Å². The lowest BCUT2D eigenvalue weighted by Gasteiger charge is -2.26. The number of morpholine rings is 1. The van der Waals surface area contributed by atoms with Crippen LogP contribution in [0.15, 0.2) is 42.6 Å². The van der Waals surface area contributed by atoms with Gasteiger partial charge in [0.25, 0.3) is 0 Å². The molecule has 0 saturated carbocycles. The molecule has 2 heterocycles. The number of ether oxygens (including phenoxy) is 1. The van der Waals surface area contributed by atoms with Crippen molar-refractivity contribution in [1.82, 2.24) is 14.8 Å². The molecule has 4 heteroatoms. The molecule has 0 amide bonds. The van der Waals surface area contributed by atoms with Crippen LogP contribution in [0.3, 0.4) is 0 Å². The average Bonchev–Trinajstić information content (AvgIpc) is 2.70. The standard InChI is InChI=1S/C23H33N3O/c1-25(2)13-3-6-21-9-12-23(24-19-21)22-10-7-20(8-11-22)5-4-14-26-15-17-27-18-16-26/h7-12,19H,3-6,13-18H2,1-2H3. The first-order valence-electron chi connectivity index (χ1n) is 10.2. The summed E-state index contributed by atoms with van der Waals surface area (Å²) in [5, 5.41) is 0. The molecule has 1 saturated heterocycles. The van der Waals surface area contributed by atoms with Crippen LogP contribution in [0.2, 0.25) is 0 Å². The second kappa shape index (κ2) is 10.5. The molecule has 1 aliphatic rings. The van der Waals surface area contributed by atoms with Crippen molar-refractivity contribution in [2.45, 2.75) is 25.7 Å². The first-order chi connectivity index (χ1) is 13.2. The van der Waals surface area contributed by atoms with Gasteiger partial charge in [0.15, 0.2) is 0 Å². The molecule has 0 radical (unpaired) electrons. The Hall–Kier alpha value is -1.75. The van der Waals surface area contributed by atoms with Crippen molar-refractivity contribution in [2.75, 3.05) is 53.5 Å². The highest BCUT2D eigenvalue weighted by Crippen LogP contribution is 2.19. The minimum absolute atomic E-state index is 0.885. The van der Waals surface area contributed by atoms with E-state index in [1.807, 2.05) is 6.20 Å². The van der Waals surface area contributed by atoms with Crippen LogP contribution in [-0.4, -0.2) is 68.3 Å². The van der Waals surface area contributed by atoms with Gasteiger partial charge in [-0.1, -0.05) is 30.3 Å². The number of benzene rings is 1. The van der Waals surface area contributed by atoms with Gasteiger partial charge in [-0.25, -0.2) is 0 Å². The lowest BCUT2D eigenvalue weighted by Crippen LogP contribution is -2.36. The van der Waals surface area contributed by atoms with E-state index in [9.17, 15) is 0 Å². The molecule has 0 aliphatic carbocycles. The molecule has 0 bridgehead atoms. The van der Waals surface area contributed by atoms with Crippen LogP contribution >= 0.6 is 0 Å². The molecule has 3 rings (SSSR count). The predicted octanol–water partition coefficient (Wildman–Crippen LogP) is 3.51. The normalized spacial score (nSPS) is 15.4. The second-order valence-corrected chi connectivity index (χ2v) is 7.71. The molecule has 0 unspecified atom stereocenters. The van der Waals surface area contributed by atoms with Gasteiger partial charge in [0.2, 0.25) is 0 Å². The summed E-state index contributed by atoms with van der Waals surface area (Å²) < 4.78 is 5.41. The first kappa shape index (κ1) is 20.0. The van der Waals surface area contributed by atoms with Gasteiger partial charge in [-0.15, -0.1) is 0 Å². The predicted molar refractivity (Wildman–Crippen MR) is 112 cm³/mol. The van der Waals surface area contributed by atoms with Gasteiger partial charge in [0.1, 0.15) is 0 Å². The fourth-order valence-electron chi connectivity index (χ4n) is 3.52. The fourth-order valence-corrected chi connectivity index (χ4v) is 3.52. The summed E-state index contributed by atoms with van der Waals surface area (Å²) in [5.74, 6) is 0. The van der Waals surface area contributed by atoms with Gasteiger partial charge in [0.05, 0.1) is 18.9 Å². The Bertz CT molecular complexity index is 661. The topological polar surface area (TPSA) is 28.6 Å². The maximum absolute atomic E-state index is 5.41. The number of hydrogen-bond donors (Lipinski definition) is 0. The maximum Gasteiger partial charge on any atom is 0.0702 e. The number of nitrogens with zero attached hydrogens (tertiary/aromatic N) is 3. The molecular weight excluding hydrogens is 334 g/mol. The summed E-state index contributed by atoms with van der Waals surface area (Å²) in [4.78, 5) is 9.40. The molecule has 1 aromatic heterocycles. The van der Waals surface area contributed by atoms with Crippen molar-refractivity contribution in [3.05, 3.63) is 53.7 Å². The number of aryl methyl sites for hydroxylation is 2. The number of hydrogen-bond acceptors (Lipinski definition) is 4. The summed E-state index contributed by atoms with van der Waals surface area (Å²) in [6.45, 7) is 6.22. The Kier molecular flexibility index (Phi) is 7.81. The molecule has 1 aliphatic heterocycles. The van der Waals surface area contributed by atoms with Gasteiger partial charge < -0.3 is 9.64 Å². The first-order valence-corrected chi connectivity index (χ1v) is 10.2. The van der Waals surface area contributed by atoms with E-state index >= 15 is 0 Å². The van der Waals surface area contributed by atoms with Gasteiger partial charge in [-0.05, 0) is 70.1 Å². The van der Waals surface area contributed by atoms with Crippen molar-refractivity contribution in [3.8, 4) is 11.3 Å². The number of rotatable bonds is 9. The third kappa shape index (κ3) is 6.73. The monoisotopic (exact) mass is 367 g/mol. The van der Waals surface area contributed by atoms with Gasteiger partial charge in [-0.2, -0.15) is 0 Å². The summed E-state index contributed by atoms with van der Waals surface area (Å²) in [5.41, 5.74) is 4.99. The van der Waals surface area contributed by atoms with Crippen molar-refractivity contribution in [3.63, 3.8) is 0 Å². The molecule has 0 spiro atoms. The van der Waals surface area contributed by atoms with E-state index in [-0.39, 0.29) is 0 Å². The maximum atomic E-state index is 5.41. The van der Waals surface area contributed by atoms with Gasteiger partial charge in [-0.3, -0.25) is 9.88 Å². The van der Waals surface area contributed by atoms with Crippen LogP contribution in [0.5, 0.6) is 0 Å². The Labute approximate surface area is 164 Å². The highest BCUT2D eigenvalue weighted by molar-refractivity contribution is 5.59. The number of aromatic nitrogens is 1. The Morgan fingerprint density at radius 1 is 0.926 bits per heavy atom. The molecule has 146 valence electrons. The van der Waals surface area contributed by atoms with Crippen LogP contribution in [-0.2, 0) is 17.6 Å². The van der Waals surface area contributed by atoms with E-state index in [0.29, 0.717) is 0 Å². The minimum Gasteiger partial charge on any atom is -0.379 e. The summed E-state index contributed by atoms with van der Waals surface area (Å²) in [6, 6.07) is 13.3. The third-order valence-electron chi connectivity index (χ3n) is 5.19. The molecule has 1 fully saturated rings. The van der Waals surface area contributed by atoms with Crippen molar-refractivity contribution >= 4 is 0 Å². The van der Waals surface area contributed by atoms with Crippen LogP contribution < -0.4 is 0 Å². The van der Waals surface area contributed by atoms with E-state index in [1.165, 1.54) is 36.1 Å². The van der Waals surface area contributed by atoms with E-state index < -0.39 is 0 Å². The quantitative estimate of drug-likeness (QED) is 0.678. The van der Waals surface area contributed by atoms with E-state index in [2.05, 4.69) is 65.3 Å². The Morgan fingerprint density at radius 3 is 2.30 bits per heavy atom. The van der Waals surface area contributed by atoms with Crippen LogP contribution in [0.25, 0.3) is 11.3 Å². The zero-order valence-electron chi connectivity index (χ0n) is 16.9. The Balaban J connectivity index is 1.46. The van der Waals surface area contributed by atoms with Crippen molar-refractivity contribution in [2.24, 2.45) is 0 Å². The van der Waals surface area contributed by atoms with E-state index in [4.69, 9.17) is 4.74 Å². The fraction of sp³-hybridized carbons (Fsp3) is 0.522. The molecular formula is C23H33N3O. The summed E-state index contributed by atoms with van der Waals surface area (Å²) in [7, 11) is 4.24. The highest BCUT2D eigenvalue weighted by atomic mass is 16.5. The van der Waals surface area contributed by atoms with Gasteiger partial charge in [0, 0.05) is 24.8 Å². The molecule has 0 atom stereocenters. The van der Waals surface area contributed by atoms with Gasteiger partial charge >= 0.3 is 0 Å². The molecule has 0 N–H and O–H groups in total. The lowest BCUT2D eigenvalue weighted by molar-refractivity contribution is 0.0375. The molecule has 4 nitrogen and oxygen atoms in total. The average molecular weight is 368 g/mol. The number of pyridine rings is 1. The largest absolute Gasteiger partial charge is 0.379 e. The summed E-state index contributed by atoms with van der Waals surface area (Å²) in [6.07, 6.45) is 6.64. The highest BCUT2D eigenvalue weighted by Gasteiger charge is 2.09. The second-order valence-electron chi connectivity index (χ2n) is 7.71. The van der Waals surface area contributed by atoms with Crippen LogP contribution in [0.4, 0.5) is 0 Å². The third-order valence-corrected chi connectivity index (χ3v) is 5.19. The molecule has 27 heavy (non-hydrogen) atoms. The molecule has 2 aromatic rings. The molecule has 1 aromatic carbocycles. The minimum atomic E-state index is 0.885.